The molecule has 0 spiro atoms. The molecule has 0 saturated heterocycles. The van der Waals surface area contributed by atoms with Gasteiger partial charge < -0.3 is 15.8 Å². The fraction of sp³-hybridized carbons (Fsp3) is 0.0625. The normalized spacial score (nSPS) is 10.7. The minimum atomic E-state index is -2.93. The van der Waals surface area contributed by atoms with Crippen LogP contribution in [0, 0.1) is 0 Å². The number of nitrogens with one attached hydrogen (secondary N) is 1. The van der Waals surface area contributed by atoms with Gasteiger partial charge in [0.1, 0.15) is 10.7 Å². The number of carbonyl (C=O) groups excluding carboxylic acids is 1. The zero-order valence-electron chi connectivity index (χ0n) is 12.6. The Bertz CT molecular complexity index is 870. The van der Waals surface area contributed by atoms with E-state index in [4.69, 9.17) is 5.73 Å². The van der Waals surface area contributed by atoms with E-state index in [-0.39, 0.29) is 17.5 Å². The summed E-state index contributed by atoms with van der Waals surface area (Å²) in [6, 6.07) is 11.5. The van der Waals surface area contributed by atoms with E-state index in [2.05, 4.69) is 20.0 Å². The highest BCUT2D eigenvalue weighted by Crippen LogP contribution is 2.29. The number of nitrogens with zero attached hydrogens (tertiary/aromatic N) is 2. The Kier molecular flexibility index (Phi) is 4.85. The van der Waals surface area contributed by atoms with Gasteiger partial charge in [0, 0.05) is 11.6 Å². The standard InChI is InChI=1S/C16H12F2N4O2S/c17-15(18)24-11-7-6-10(8-20-11)21-16-22-14(19)13(25-16)12(23)9-4-2-1-3-5-9/h1-8,15H,19H2,(H,21,22). The third kappa shape index (κ3) is 4.07. The summed E-state index contributed by atoms with van der Waals surface area (Å²) in [5.74, 6) is -0.298. The SMILES string of the molecule is Nc1nc(Nc2ccc(OC(F)F)nc2)sc1C(=O)c1ccccc1. The number of ether oxygens (including phenoxy) is 1. The zero-order chi connectivity index (χ0) is 17.8. The van der Waals surface area contributed by atoms with Gasteiger partial charge in [-0.1, -0.05) is 41.7 Å². The Hall–Kier alpha value is -3.07. The van der Waals surface area contributed by atoms with E-state index in [0.717, 1.165) is 11.3 Å². The lowest BCUT2D eigenvalue weighted by atomic mass is 10.1. The van der Waals surface area contributed by atoms with E-state index in [9.17, 15) is 13.6 Å². The molecule has 0 bridgehead atoms. The highest BCUT2D eigenvalue weighted by molar-refractivity contribution is 7.18. The predicted octanol–water partition coefficient (Wildman–Crippen LogP) is 3.70. The molecule has 0 atom stereocenters. The number of halogens is 2. The van der Waals surface area contributed by atoms with Crippen LogP contribution < -0.4 is 15.8 Å². The molecule has 0 fully saturated rings. The van der Waals surface area contributed by atoms with Gasteiger partial charge in [-0.2, -0.15) is 8.78 Å². The molecule has 2 heterocycles. The number of nitrogen functional groups attached to an aromatic ring is 1. The van der Waals surface area contributed by atoms with Crippen molar-refractivity contribution >= 4 is 33.8 Å². The first-order valence-corrected chi connectivity index (χ1v) is 7.88. The Labute approximate surface area is 145 Å². The number of nitrogens with two attached hydrogens (primary N) is 1. The molecular weight excluding hydrogens is 350 g/mol. The molecule has 0 aliphatic rings. The molecule has 0 unspecified atom stereocenters. The summed E-state index contributed by atoms with van der Waals surface area (Å²) in [7, 11) is 0. The molecule has 6 nitrogen and oxygen atoms in total. The maximum absolute atomic E-state index is 12.4. The summed E-state index contributed by atoms with van der Waals surface area (Å²) < 4.78 is 28.4. The van der Waals surface area contributed by atoms with E-state index in [0.29, 0.717) is 21.3 Å². The number of hydrogen-bond acceptors (Lipinski definition) is 7. The van der Waals surface area contributed by atoms with Gasteiger partial charge in [0.25, 0.3) is 0 Å². The molecule has 0 aliphatic heterocycles. The van der Waals surface area contributed by atoms with Gasteiger partial charge in [0.2, 0.25) is 11.7 Å². The first-order chi connectivity index (χ1) is 12.0. The number of alkyl halides is 2. The molecule has 3 N–H and O–H groups in total. The number of anilines is 3. The van der Waals surface area contributed by atoms with E-state index in [1.807, 2.05) is 6.07 Å². The number of thiazole rings is 1. The van der Waals surface area contributed by atoms with Crippen LogP contribution in [0.3, 0.4) is 0 Å². The van der Waals surface area contributed by atoms with Crippen LogP contribution in [0.2, 0.25) is 0 Å². The van der Waals surface area contributed by atoms with Crippen LogP contribution in [-0.4, -0.2) is 22.4 Å². The van der Waals surface area contributed by atoms with Crippen LogP contribution in [0.15, 0.2) is 48.7 Å². The summed E-state index contributed by atoms with van der Waals surface area (Å²) in [5.41, 5.74) is 6.84. The molecule has 9 heteroatoms. The Morgan fingerprint density at radius 3 is 2.60 bits per heavy atom. The second-order valence-electron chi connectivity index (χ2n) is 4.82. The van der Waals surface area contributed by atoms with Crippen LogP contribution >= 0.6 is 11.3 Å². The summed E-state index contributed by atoms with van der Waals surface area (Å²) in [6.07, 6.45) is 1.31. The Morgan fingerprint density at radius 1 is 1.20 bits per heavy atom. The van der Waals surface area contributed by atoms with Gasteiger partial charge in [0.05, 0.1) is 11.9 Å². The van der Waals surface area contributed by atoms with Crippen molar-refractivity contribution in [1.29, 1.82) is 0 Å². The van der Waals surface area contributed by atoms with E-state index < -0.39 is 6.61 Å². The lowest BCUT2D eigenvalue weighted by Gasteiger charge is -2.05. The highest BCUT2D eigenvalue weighted by Gasteiger charge is 2.18. The summed E-state index contributed by atoms with van der Waals surface area (Å²) in [6.45, 7) is -2.93. The third-order valence-electron chi connectivity index (χ3n) is 3.09. The van der Waals surface area contributed by atoms with Gasteiger partial charge in [-0.05, 0) is 6.07 Å². The van der Waals surface area contributed by atoms with E-state index >= 15 is 0 Å². The van der Waals surface area contributed by atoms with Gasteiger partial charge in [0.15, 0.2) is 5.13 Å². The first kappa shape index (κ1) is 16.8. The minimum Gasteiger partial charge on any atom is -0.417 e. The van der Waals surface area contributed by atoms with Crippen LogP contribution in [0.4, 0.5) is 25.4 Å². The van der Waals surface area contributed by atoms with Crippen LogP contribution in [-0.2, 0) is 0 Å². The van der Waals surface area contributed by atoms with Gasteiger partial charge in [-0.3, -0.25) is 4.79 Å². The predicted molar refractivity (Wildman–Crippen MR) is 90.6 cm³/mol. The number of rotatable bonds is 6. The largest absolute Gasteiger partial charge is 0.417 e. The van der Waals surface area contributed by atoms with Crippen molar-refractivity contribution in [3.63, 3.8) is 0 Å². The topological polar surface area (TPSA) is 90.1 Å². The quantitative estimate of drug-likeness (QED) is 0.650. The number of ketones is 1. The van der Waals surface area contributed by atoms with Crippen molar-refractivity contribution in [2.45, 2.75) is 6.61 Å². The molecule has 1 aromatic carbocycles. The zero-order valence-corrected chi connectivity index (χ0v) is 13.5. The average molecular weight is 362 g/mol. The fourth-order valence-corrected chi connectivity index (χ4v) is 2.87. The van der Waals surface area contributed by atoms with Crippen molar-refractivity contribution in [2.24, 2.45) is 0 Å². The number of aromatic nitrogens is 2. The molecule has 0 radical (unpaired) electrons. The van der Waals surface area contributed by atoms with E-state index in [1.54, 1.807) is 24.3 Å². The van der Waals surface area contributed by atoms with Crippen LogP contribution in [0.5, 0.6) is 5.88 Å². The molecule has 3 rings (SSSR count). The highest BCUT2D eigenvalue weighted by atomic mass is 32.1. The lowest BCUT2D eigenvalue weighted by molar-refractivity contribution is -0.0528. The van der Waals surface area contributed by atoms with Gasteiger partial charge in [-0.25, -0.2) is 9.97 Å². The number of benzene rings is 1. The fourth-order valence-electron chi connectivity index (χ4n) is 2.01. The Morgan fingerprint density at radius 2 is 1.96 bits per heavy atom. The first-order valence-electron chi connectivity index (χ1n) is 7.07. The number of carbonyl (C=O) groups is 1. The Balaban J connectivity index is 1.75. The molecule has 0 aliphatic carbocycles. The maximum Gasteiger partial charge on any atom is 0.388 e. The summed E-state index contributed by atoms with van der Waals surface area (Å²) in [4.78, 5) is 20.6. The summed E-state index contributed by atoms with van der Waals surface area (Å²) >= 11 is 1.10. The molecule has 25 heavy (non-hydrogen) atoms. The van der Waals surface area contributed by atoms with Crippen LogP contribution in [0.1, 0.15) is 15.2 Å². The average Bonchev–Trinajstić information content (AvgIpc) is 2.96. The lowest BCUT2D eigenvalue weighted by Crippen LogP contribution is -2.03. The van der Waals surface area contributed by atoms with Crippen molar-refractivity contribution in [1.82, 2.24) is 9.97 Å². The smallest absolute Gasteiger partial charge is 0.388 e. The van der Waals surface area contributed by atoms with Crippen LogP contribution in [0.25, 0.3) is 0 Å². The molecule has 0 saturated carbocycles. The molecule has 2 aromatic heterocycles. The van der Waals surface area contributed by atoms with Crippen molar-refractivity contribution in [3.05, 3.63) is 59.1 Å². The second-order valence-corrected chi connectivity index (χ2v) is 5.82. The molecule has 3 aromatic rings. The monoisotopic (exact) mass is 362 g/mol. The van der Waals surface area contributed by atoms with Gasteiger partial charge in [-0.15, -0.1) is 0 Å². The van der Waals surface area contributed by atoms with Gasteiger partial charge >= 0.3 is 6.61 Å². The molecule has 128 valence electrons. The van der Waals surface area contributed by atoms with E-state index in [1.165, 1.54) is 18.3 Å². The third-order valence-corrected chi connectivity index (χ3v) is 4.08. The van der Waals surface area contributed by atoms with Crippen molar-refractivity contribution < 1.29 is 18.3 Å². The number of hydrogen-bond donors (Lipinski definition) is 2. The summed E-state index contributed by atoms with van der Waals surface area (Å²) in [5, 5.41) is 3.31. The minimum absolute atomic E-state index is 0.118. The number of pyridine rings is 1. The van der Waals surface area contributed by atoms with Crippen molar-refractivity contribution in [2.75, 3.05) is 11.1 Å². The van der Waals surface area contributed by atoms with Crippen molar-refractivity contribution in [3.8, 4) is 5.88 Å². The molecular formula is C16H12F2N4O2S. The maximum atomic E-state index is 12.4. The second kappa shape index (κ2) is 7.22. The molecule has 0 amide bonds.